The van der Waals surface area contributed by atoms with Gasteiger partial charge in [0.15, 0.2) is 5.78 Å². The van der Waals surface area contributed by atoms with E-state index in [1.54, 1.807) is 36.4 Å². The van der Waals surface area contributed by atoms with Crippen LogP contribution in [-0.2, 0) is 4.79 Å². The van der Waals surface area contributed by atoms with Crippen molar-refractivity contribution in [1.29, 1.82) is 0 Å². The molecule has 0 heterocycles. The summed E-state index contributed by atoms with van der Waals surface area (Å²) in [6.07, 6.45) is 5.84. The third-order valence-corrected chi connectivity index (χ3v) is 2.49. The number of hydrogen-bond donors (Lipinski definition) is 1. The molecular formula is C13H10ClNO2. The molecule has 1 aliphatic carbocycles. The molecule has 0 amide bonds. The average molecular weight is 248 g/mol. The summed E-state index contributed by atoms with van der Waals surface area (Å²) in [4.78, 5) is 11.6. The molecule has 0 aliphatic heterocycles. The van der Waals surface area contributed by atoms with Crippen molar-refractivity contribution in [1.82, 2.24) is 0 Å². The molecule has 0 spiro atoms. The van der Waals surface area contributed by atoms with Crippen LogP contribution in [0.25, 0.3) is 0 Å². The Balaban J connectivity index is 2.21. The van der Waals surface area contributed by atoms with Crippen molar-refractivity contribution in [2.24, 2.45) is 0 Å². The lowest BCUT2D eigenvalue weighted by atomic mass is 10.1. The largest absolute Gasteiger partial charge is 0.289 e. The minimum Gasteiger partial charge on any atom is -0.289 e. The number of hydrogen-bond acceptors (Lipinski definition) is 3. The first-order chi connectivity index (χ1) is 8.16. The predicted octanol–water partition coefficient (Wildman–Crippen LogP) is 3.03. The molecule has 0 aromatic heterocycles. The molecule has 17 heavy (non-hydrogen) atoms. The SMILES string of the molecule is O=C1C=C(Cl)C=C/C1=C\N(O)c1ccccc1. The molecule has 0 atom stereocenters. The van der Waals surface area contributed by atoms with Crippen molar-refractivity contribution < 1.29 is 10.0 Å². The molecule has 1 aromatic carbocycles. The number of halogens is 1. The van der Waals surface area contributed by atoms with Crippen LogP contribution in [0.15, 0.2) is 65.4 Å². The third-order valence-electron chi connectivity index (χ3n) is 2.26. The Hall–Kier alpha value is -1.84. The zero-order chi connectivity index (χ0) is 12.3. The van der Waals surface area contributed by atoms with Crippen molar-refractivity contribution in [2.75, 3.05) is 5.06 Å². The highest BCUT2D eigenvalue weighted by atomic mass is 35.5. The number of nitrogens with zero attached hydrogens (tertiary/aromatic N) is 1. The first-order valence-electron chi connectivity index (χ1n) is 5.01. The van der Waals surface area contributed by atoms with Gasteiger partial charge in [0.25, 0.3) is 0 Å². The standard InChI is InChI=1S/C13H10ClNO2/c14-11-7-6-10(13(16)8-11)9-15(17)12-4-2-1-3-5-12/h1-9,17H/b10-9+. The number of carbonyl (C=O) groups is 1. The van der Waals surface area contributed by atoms with E-state index in [-0.39, 0.29) is 5.78 Å². The Labute approximate surface area is 104 Å². The molecule has 0 unspecified atom stereocenters. The zero-order valence-electron chi connectivity index (χ0n) is 8.88. The van der Waals surface area contributed by atoms with Crippen molar-refractivity contribution in [3.8, 4) is 0 Å². The fourth-order valence-corrected chi connectivity index (χ4v) is 1.56. The second-order valence-electron chi connectivity index (χ2n) is 3.49. The topological polar surface area (TPSA) is 40.5 Å². The van der Waals surface area contributed by atoms with E-state index >= 15 is 0 Å². The van der Waals surface area contributed by atoms with Gasteiger partial charge in [0, 0.05) is 22.9 Å². The summed E-state index contributed by atoms with van der Waals surface area (Å²) in [5.41, 5.74) is 0.961. The van der Waals surface area contributed by atoms with Crippen LogP contribution in [0, 0.1) is 0 Å². The van der Waals surface area contributed by atoms with E-state index in [9.17, 15) is 10.0 Å². The number of anilines is 1. The summed E-state index contributed by atoms with van der Waals surface area (Å²) >= 11 is 5.68. The number of rotatable bonds is 2. The average Bonchev–Trinajstić information content (AvgIpc) is 2.34. The molecule has 3 nitrogen and oxygen atoms in total. The minimum absolute atomic E-state index is 0.229. The first-order valence-corrected chi connectivity index (χ1v) is 5.39. The van der Waals surface area contributed by atoms with E-state index in [0.29, 0.717) is 16.3 Å². The lowest BCUT2D eigenvalue weighted by Gasteiger charge is -2.13. The summed E-state index contributed by atoms with van der Waals surface area (Å²) in [6.45, 7) is 0. The number of allylic oxidation sites excluding steroid dienone is 5. The highest BCUT2D eigenvalue weighted by molar-refractivity contribution is 6.34. The van der Waals surface area contributed by atoms with Gasteiger partial charge in [-0.1, -0.05) is 29.8 Å². The molecule has 0 bridgehead atoms. The predicted molar refractivity (Wildman–Crippen MR) is 66.9 cm³/mol. The number of para-hydroxylation sites is 1. The monoisotopic (exact) mass is 247 g/mol. The summed E-state index contributed by atoms with van der Waals surface area (Å²) in [5, 5.41) is 11.1. The molecule has 1 N–H and O–H groups in total. The van der Waals surface area contributed by atoms with Crippen LogP contribution in [0.3, 0.4) is 0 Å². The van der Waals surface area contributed by atoms with Crippen LogP contribution < -0.4 is 5.06 Å². The molecule has 0 saturated heterocycles. The zero-order valence-corrected chi connectivity index (χ0v) is 9.63. The van der Waals surface area contributed by atoms with E-state index in [0.717, 1.165) is 5.06 Å². The molecule has 1 aliphatic rings. The molecule has 0 radical (unpaired) electrons. The first kappa shape index (κ1) is 11.6. The highest BCUT2D eigenvalue weighted by Crippen LogP contribution is 2.18. The van der Waals surface area contributed by atoms with Crippen molar-refractivity contribution in [3.05, 3.63) is 65.4 Å². The van der Waals surface area contributed by atoms with Gasteiger partial charge in [0.1, 0.15) is 0 Å². The molecule has 2 rings (SSSR count). The van der Waals surface area contributed by atoms with E-state index in [1.807, 2.05) is 6.07 Å². The summed E-state index contributed by atoms with van der Waals surface area (Å²) < 4.78 is 0. The Morgan fingerprint density at radius 2 is 1.88 bits per heavy atom. The van der Waals surface area contributed by atoms with Gasteiger partial charge in [-0.25, -0.2) is 5.06 Å². The number of benzene rings is 1. The van der Waals surface area contributed by atoms with Gasteiger partial charge >= 0.3 is 0 Å². The van der Waals surface area contributed by atoms with Gasteiger partial charge in [0.05, 0.1) is 5.69 Å². The van der Waals surface area contributed by atoms with Crippen LogP contribution in [0.2, 0.25) is 0 Å². The van der Waals surface area contributed by atoms with Crippen molar-refractivity contribution in [2.45, 2.75) is 0 Å². The van der Waals surface area contributed by atoms with Crippen molar-refractivity contribution in [3.63, 3.8) is 0 Å². The molecule has 1 aromatic rings. The second kappa shape index (κ2) is 4.99. The van der Waals surface area contributed by atoms with Gasteiger partial charge in [0.2, 0.25) is 0 Å². The van der Waals surface area contributed by atoms with Crippen LogP contribution >= 0.6 is 11.6 Å². The van der Waals surface area contributed by atoms with Crippen LogP contribution in [-0.4, -0.2) is 11.0 Å². The fourth-order valence-electron chi connectivity index (χ4n) is 1.40. The number of carbonyl (C=O) groups excluding carboxylic acids is 1. The quantitative estimate of drug-likeness (QED) is 0.645. The fraction of sp³-hybridized carbons (Fsp3) is 0. The van der Waals surface area contributed by atoms with E-state index < -0.39 is 0 Å². The number of hydroxylamine groups is 1. The third kappa shape index (κ3) is 2.84. The number of ketones is 1. The maximum Gasteiger partial charge on any atom is 0.188 e. The lowest BCUT2D eigenvalue weighted by molar-refractivity contribution is -0.111. The Morgan fingerprint density at radius 1 is 1.18 bits per heavy atom. The Bertz CT molecular complexity index is 517. The minimum atomic E-state index is -0.229. The van der Waals surface area contributed by atoms with Gasteiger partial charge in [-0.2, -0.15) is 0 Å². The van der Waals surface area contributed by atoms with Gasteiger partial charge in [-0.15, -0.1) is 0 Å². The Morgan fingerprint density at radius 3 is 2.53 bits per heavy atom. The summed E-state index contributed by atoms with van der Waals surface area (Å²) in [5.74, 6) is -0.229. The lowest BCUT2D eigenvalue weighted by Crippen LogP contribution is -2.13. The van der Waals surface area contributed by atoms with E-state index in [1.165, 1.54) is 12.3 Å². The van der Waals surface area contributed by atoms with Gasteiger partial charge in [-0.3, -0.25) is 10.0 Å². The normalized spacial score (nSPS) is 17.2. The maximum atomic E-state index is 11.6. The maximum absolute atomic E-state index is 11.6. The molecular weight excluding hydrogens is 238 g/mol. The van der Waals surface area contributed by atoms with Crippen molar-refractivity contribution >= 4 is 23.1 Å². The van der Waals surface area contributed by atoms with E-state index in [4.69, 9.17) is 11.6 Å². The molecule has 0 fully saturated rings. The second-order valence-corrected chi connectivity index (χ2v) is 3.93. The summed E-state index contributed by atoms with van der Waals surface area (Å²) in [6, 6.07) is 8.91. The molecule has 0 saturated carbocycles. The smallest absolute Gasteiger partial charge is 0.188 e. The van der Waals surface area contributed by atoms with Crippen LogP contribution in [0.1, 0.15) is 0 Å². The summed E-state index contributed by atoms with van der Waals surface area (Å²) in [7, 11) is 0. The van der Waals surface area contributed by atoms with E-state index in [2.05, 4.69) is 0 Å². The van der Waals surface area contributed by atoms with Crippen LogP contribution in [0.5, 0.6) is 0 Å². The highest BCUT2D eigenvalue weighted by Gasteiger charge is 2.11. The van der Waals surface area contributed by atoms with Gasteiger partial charge < -0.3 is 0 Å². The Kier molecular flexibility index (Phi) is 3.42. The van der Waals surface area contributed by atoms with Crippen LogP contribution in [0.4, 0.5) is 5.69 Å². The molecule has 4 heteroatoms. The van der Waals surface area contributed by atoms with Gasteiger partial charge in [-0.05, 0) is 24.3 Å². The molecule has 86 valence electrons.